The van der Waals surface area contributed by atoms with Gasteiger partial charge in [0.2, 0.25) is 5.91 Å². The molecular weight excluding hydrogens is 320 g/mol. The summed E-state index contributed by atoms with van der Waals surface area (Å²) in [6.07, 6.45) is 3.28. The molecule has 3 rings (SSSR count). The predicted molar refractivity (Wildman–Crippen MR) is 96.3 cm³/mol. The van der Waals surface area contributed by atoms with Crippen LogP contribution in [0.1, 0.15) is 42.6 Å². The summed E-state index contributed by atoms with van der Waals surface area (Å²) in [6, 6.07) is 8.28. The van der Waals surface area contributed by atoms with Crippen LogP contribution in [-0.2, 0) is 17.8 Å². The molecule has 1 aliphatic rings. The molecule has 0 saturated heterocycles. The van der Waals surface area contributed by atoms with Crippen molar-refractivity contribution in [1.82, 2.24) is 20.1 Å². The Morgan fingerprint density at radius 1 is 1.33 bits per heavy atom. The first-order valence-corrected chi connectivity index (χ1v) is 9.54. The summed E-state index contributed by atoms with van der Waals surface area (Å²) in [4.78, 5) is 12.1. The van der Waals surface area contributed by atoms with Crippen molar-refractivity contribution in [1.29, 1.82) is 0 Å². The number of nitrogens with zero attached hydrogens (tertiary/aromatic N) is 3. The van der Waals surface area contributed by atoms with E-state index in [4.69, 9.17) is 0 Å². The van der Waals surface area contributed by atoms with E-state index in [2.05, 4.69) is 46.1 Å². The van der Waals surface area contributed by atoms with E-state index in [1.165, 1.54) is 35.7 Å². The van der Waals surface area contributed by atoms with Crippen LogP contribution in [0.25, 0.3) is 0 Å². The van der Waals surface area contributed by atoms with Gasteiger partial charge in [-0.15, -0.1) is 10.2 Å². The maximum absolute atomic E-state index is 12.1. The van der Waals surface area contributed by atoms with Crippen molar-refractivity contribution >= 4 is 17.7 Å². The number of amides is 1. The van der Waals surface area contributed by atoms with Gasteiger partial charge in [0, 0.05) is 19.0 Å². The monoisotopic (exact) mass is 344 g/mol. The molecule has 0 aliphatic heterocycles. The van der Waals surface area contributed by atoms with Gasteiger partial charge < -0.3 is 9.88 Å². The highest BCUT2D eigenvalue weighted by molar-refractivity contribution is 7.99. The van der Waals surface area contributed by atoms with E-state index in [-0.39, 0.29) is 5.91 Å². The molecule has 1 aromatic heterocycles. The Kier molecular flexibility index (Phi) is 5.56. The number of nitrogens with one attached hydrogen (secondary N) is 1. The molecule has 1 fully saturated rings. The van der Waals surface area contributed by atoms with Crippen LogP contribution in [0.5, 0.6) is 0 Å². The Morgan fingerprint density at radius 2 is 2.12 bits per heavy atom. The average Bonchev–Trinajstić information content (AvgIpc) is 3.34. The van der Waals surface area contributed by atoms with Crippen molar-refractivity contribution in [3.8, 4) is 0 Å². The first-order chi connectivity index (χ1) is 11.7. The van der Waals surface area contributed by atoms with Crippen LogP contribution in [0.3, 0.4) is 0 Å². The van der Waals surface area contributed by atoms with Crippen molar-refractivity contribution in [2.45, 2.75) is 50.7 Å². The molecule has 0 bridgehead atoms. The minimum absolute atomic E-state index is 0.0483. The summed E-state index contributed by atoms with van der Waals surface area (Å²) in [5, 5.41) is 12.4. The highest BCUT2D eigenvalue weighted by Gasteiger charge is 2.30. The number of benzene rings is 1. The fraction of sp³-hybridized carbons (Fsp3) is 0.500. The minimum atomic E-state index is 0.0483. The Morgan fingerprint density at radius 3 is 2.83 bits per heavy atom. The third kappa shape index (κ3) is 4.17. The zero-order valence-electron chi connectivity index (χ0n) is 14.3. The summed E-state index contributed by atoms with van der Waals surface area (Å²) in [6.45, 7) is 5.72. The second kappa shape index (κ2) is 7.83. The number of carbonyl (C=O) groups excluding carboxylic acids is 1. The SMILES string of the molecule is CCn1c(SCC(=O)NCCc2ccccc2C)nnc1C1CC1. The van der Waals surface area contributed by atoms with Crippen LogP contribution in [0.2, 0.25) is 0 Å². The average molecular weight is 344 g/mol. The summed E-state index contributed by atoms with van der Waals surface area (Å²) in [5.41, 5.74) is 2.55. The topological polar surface area (TPSA) is 59.8 Å². The van der Waals surface area contributed by atoms with Gasteiger partial charge in [-0.05, 0) is 44.2 Å². The zero-order valence-corrected chi connectivity index (χ0v) is 15.1. The van der Waals surface area contributed by atoms with Crippen LogP contribution in [-0.4, -0.2) is 33.0 Å². The molecule has 0 unspecified atom stereocenters. The molecule has 1 heterocycles. The molecule has 1 saturated carbocycles. The van der Waals surface area contributed by atoms with Gasteiger partial charge >= 0.3 is 0 Å². The van der Waals surface area contributed by atoms with Crippen LogP contribution in [0, 0.1) is 6.92 Å². The lowest BCUT2D eigenvalue weighted by Gasteiger charge is -2.08. The van der Waals surface area contributed by atoms with E-state index in [0.29, 0.717) is 18.2 Å². The number of thioether (sulfide) groups is 1. The van der Waals surface area contributed by atoms with Gasteiger partial charge in [-0.3, -0.25) is 4.79 Å². The Bertz CT molecular complexity index is 709. The van der Waals surface area contributed by atoms with Crippen molar-refractivity contribution in [3.63, 3.8) is 0 Å². The maximum atomic E-state index is 12.1. The number of aromatic nitrogens is 3. The summed E-state index contributed by atoms with van der Waals surface area (Å²) in [5.74, 6) is 2.10. The van der Waals surface area contributed by atoms with Gasteiger partial charge in [-0.1, -0.05) is 36.0 Å². The number of carbonyl (C=O) groups is 1. The number of aryl methyl sites for hydroxylation is 1. The fourth-order valence-corrected chi connectivity index (χ4v) is 3.60. The Balaban J connectivity index is 1.45. The second-order valence-electron chi connectivity index (χ2n) is 6.17. The molecule has 1 N–H and O–H groups in total. The Hall–Kier alpha value is -1.82. The van der Waals surface area contributed by atoms with Crippen LogP contribution >= 0.6 is 11.8 Å². The standard InChI is InChI=1S/C18H24N4OS/c1-3-22-17(15-8-9-15)20-21-18(22)24-12-16(23)19-11-10-14-7-5-4-6-13(14)2/h4-7,15H,3,8-12H2,1-2H3,(H,19,23). The van der Waals surface area contributed by atoms with E-state index in [0.717, 1.165) is 23.9 Å². The largest absolute Gasteiger partial charge is 0.355 e. The minimum Gasteiger partial charge on any atom is -0.355 e. The van der Waals surface area contributed by atoms with Gasteiger partial charge in [-0.2, -0.15) is 0 Å². The van der Waals surface area contributed by atoms with E-state index >= 15 is 0 Å². The van der Waals surface area contributed by atoms with E-state index in [1.54, 1.807) is 0 Å². The molecule has 5 nitrogen and oxygen atoms in total. The summed E-state index contributed by atoms with van der Waals surface area (Å²) < 4.78 is 2.14. The van der Waals surface area contributed by atoms with Crippen molar-refractivity contribution in [2.75, 3.05) is 12.3 Å². The molecular formula is C18H24N4OS. The maximum Gasteiger partial charge on any atom is 0.230 e. The van der Waals surface area contributed by atoms with Gasteiger partial charge in [0.15, 0.2) is 5.16 Å². The van der Waals surface area contributed by atoms with Crippen LogP contribution in [0.4, 0.5) is 0 Å². The molecule has 1 amide bonds. The van der Waals surface area contributed by atoms with Crippen molar-refractivity contribution < 1.29 is 4.79 Å². The lowest BCUT2D eigenvalue weighted by molar-refractivity contribution is -0.118. The lowest BCUT2D eigenvalue weighted by Crippen LogP contribution is -2.27. The summed E-state index contributed by atoms with van der Waals surface area (Å²) in [7, 11) is 0. The van der Waals surface area contributed by atoms with Crippen LogP contribution in [0.15, 0.2) is 29.4 Å². The molecule has 128 valence electrons. The second-order valence-corrected chi connectivity index (χ2v) is 7.12. The molecule has 2 aromatic rings. The first-order valence-electron chi connectivity index (χ1n) is 8.56. The fourth-order valence-electron chi connectivity index (χ4n) is 2.76. The molecule has 0 spiro atoms. The third-order valence-corrected chi connectivity index (χ3v) is 5.28. The van der Waals surface area contributed by atoms with E-state index < -0.39 is 0 Å². The molecule has 24 heavy (non-hydrogen) atoms. The highest BCUT2D eigenvalue weighted by Crippen LogP contribution is 2.39. The molecule has 1 aliphatic carbocycles. The normalized spacial score (nSPS) is 13.9. The van der Waals surface area contributed by atoms with E-state index in [1.807, 2.05) is 12.1 Å². The van der Waals surface area contributed by atoms with Gasteiger partial charge in [0.1, 0.15) is 5.82 Å². The van der Waals surface area contributed by atoms with Gasteiger partial charge in [-0.25, -0.2) is 0 Å². The van der Waals surface area contributed by atoms with E-state index in [9.17, 15) is 4.79 Å². The molecule has 1 aromatic carbocycles. The molecule has 0 radical (unpaired) electrons. The quantitative estimate of drug-likeness (QED) is 0.748. The van der Waals surface area contributed by atoms with Gasteiger partial charge in [0.05, 0.1) is 5.75 Å². The summed E-state index contributed by atoms with van der Waals surface area (Å²) >= 11 is 1.47. The van der Waals surface area contributed by atoms with Crippen LogP contribution < -0.4 is 5.32 Å². The molecule has 6 heteroatoms. The zero-order chi connectivity index (χ0) is 16.9. The number of hydrogen-bond donors (Lipinski definition) is 1. The first kappa shape index (κ1) is 17.0. The Labute approximate surface area is 147 Å². The highest BCUT2D eigenvalue weighted by atomic mass is 32.2. The predicted octanol–water partition coefficient (Wildman–Crippen LogP) is 2.93. The van der Waals surface area contributed by atoms with Gasteiger partial charge in [0.25, 0.3) is 0 Å². The number of rotatable bonds is 8. The molecule has 0 atom stereocenters. The third-order valence-electron chi connectivity index (χ3n) is 4.31. The smallest absolute Gasteiger partial charge is 0.230 e. The lowest BCUT2D eigenvalue weighted by atomic mass is 10.1. The van der Waals surface area contributed by atoms with Crippen molar-refractivity contribution in [3.05, 3.63) is 41.2 Å². The van der Waals surface area contributed by atoms with Crippen molar-refractivity contribution in [2.24, 2.45) is 0 Å². The number of hydrogen-bond acceptors (Lipinski definition) is 4.